The molecule has 0 fully saturated rings. The summed E-state index contributed by atoms with van der Waals surface area (Å²) in [6.45, 7) is 2.57. The molecule has 0 bridgehead atoms. The zero-order valence-corrected chi connectivity index (χ0v) is 11.5. The number of imidazole rings is 3. The Morgan fingerprint density at radius 2 is 1.38 bits per heavy atom. The van der Waals surface area contributed by atoms with E-state index in [4.69, 9.17) is 5.41 Å². The molecule has 0 spiro atoms. The smallest absolute Gasteiger partial charge is 0.253 e. The van der Waals surface area contributed by atoms with Crippen LogP contribution in [-0.4, -0.2) is 41.5 Å². The average molecular weight is 285 g/mol. The van der Waals surface area contributed by atoms with E-state index in [1.165, 1.54) is 0 Å². The van der Waals surface area contributed by atoms with Crippen molar-refractivity contribution in [2.75, 3.05) is 16.7 Å². The maximum atomic E-state index is 8.54. The van der Waals surface area contributed by atoms with E-state index in [1.54, 1.807) is 80.3 Å². The standard InChI is InChI=1S/C12H15N9/c1-2-20(17-6-3-14-9-17)12(13)21(18-7-4-15-10-18)19-8-5-16-11-19/h3-11,13H,2H2,1H3. The first-order valence-electron chi connectivity index (χ1n) is 6.42. The fourth-order valence-corrected chi connectivity index (χ4v) is 1.99. The molecule has 9 heteroatoms. The van der Waals surface area contributed by atoms with Crippen molar-refractivity contribution in [2.24, 2.45) is 0 Å². The van der Waals surface area contributed by atoms with Gasteiger partial charge in [-0.25, -0.2) is 34.0 Å². The second-order valence-electron chi connectivity index (χ2n) is 4.16. The Kier molecular flexibility index (Phi) is 3.37. The van der Waals surface area contributed by atoms with Crippen molar-refractivity contribution < 1.29 is 0 Å². The van der Waals surface area contributed by atoms with Gasteiger partial charge in [0.1, 0.15) is 19.0 Å². The van der Waals surface area contributed by atoms with Gasteiger partial charge in [-0.05, 0) is 6.92 Å². The Hall–Kier alpha value is -3.10. The third kappa shape index (κ3) is 2.36. The van der Waals surface area contributed by atoms with Crippen molar-refractivity contribution >= 4 is 5.96 Å². The lowest BCUT2D eigenvalue weighted by atomic mass is 10.7. The summed E-state index contributed by atoms with van der Waals surface area (Å²) in [5.41, 5.74) is 0. The third-order valence-corrected chi connectivity index (χ3v) is 2.92. The molecule has 108 valence electrons. The van der Waals surface area contributed by atoms with Crippen LogP contribution < -0.4 is 10.1 Å². The van der Waals surface area contributed by atoms with E-state index >= 15 is 0 Å². The van der Waals surface area contributed by atoms with Gasteiger partial charge in [-0.2, -0.15) is 0 Å². The Balaban J connectivity index is 1.98. The lowest BCUT2D eigenvalue weighted by Crippen LogP contribution is -2.55. The fraction of sp³-hybridized carbons (Fsp3) is 0.167. The topological polar surface area (TPSA) is 83.8 Å². The summed E-state index contributed by atoms with van der Waals surface area (Å²) in [5, 5.41) is 11.9. The molecule has 0 atom stereocenters. The van der Waals surface area contributed by atoms with E-state index in [-0.39, 0.29) is 5.96 Å². The molecule has 3 heterocycles. The van der Waals surface area contributed by atoms with Crippen LogP contribution in [-0.2, 0) is 0 Å². The second-order valence-corrected chi connectivity index (χ2v) is 4.16. The molecular weight excluding hydrogens is 270 g/mol. The van der Waals surface area contributed by atoms with E-state index < -0.39 is 0 Å². The van der Waals surface area contributed by atoms with E-state index in [2.05, 4.69) is 15.0 Å². The second kappa shape index (κ2) is 5.49. The lowest BCUT2D eigenvalue weighted by molar-refractivity contribution is 0.588. The summed E-state index contributed by atoms with van der Waals surface area (Å²) in [7, 11) is 0. The highest BCUT2D eigenvalue weighted by Gasteiger charge is 2.20. The molecular formula is C12H15N9. The van der Waals surface area contributed by atoms with Crippen molar-refractivity contribution in [1.29, 1.82) is 5.41 Å². The molecule has 0 saturated carbocycles. The normalized spacial score (nSPS) is 10.5. The molecule has 0 unspecified atom stereocenters. The Labute approximate surface area is 121 Å². The van der Waals surface area contributed by atoms with E-state index in [1.807, 2.05) is 6.92 Å². The van der Waals surface area contributed by atoms with Gasteiger partial charge < -0.3 is 0 Å². The van der Waals surface area contributed by atoms with E-state index in [9.17, 15) is 0 Å². The van der Waals surface area contributed by atoms with Crippen molar-refractivity contribution in [3.63, 3.8) is 0 Å². The Morgan fingerprint density at radius 1 is 0.905 bits per heavy atom. The van der Waals surface area contributed by atoms with E-state index in [0.29, 0.717) is 6.54 Å². The highest BCUT2D eigenvalue weighted by molar-refractivity contribution is 5.94. The monoisotopic (exact) mass is 285 g/mol. The number of hydrogen-bond donors (Lipinski definition) is 1. The average Bonchev–Trinajstić information content (AvgIpc) is 3.24. The molecule has 0 aliphatic heterocycles. The molecule has 0 aromatic carbocycles. The van der Waals surface area contributed by atoms with Crippen molar-refractivity contribution in [3.05, 3.63) is 56.2 Å². The van der Waals surface area contributed by atoms with Gasteiger partial charge in [-0.15, -0.1) is 5.12 Å². The molecule has 0 saturated heterocycles. The minimum absolute atomic E-state index is 0.228. The Morgan fingerprint density at radius 3 is 1.76 bits per heavy atom. The minimum Gasteiger partial charge on any atom is -0.265 e. The summed E-state index contributed by atoms with van der Waals surface area (Å²) in [4.78, 5) is 12.1. The van der Waals surface area contributed by atoms with Gasteiger partial charge in [0.25, 0.3) is 5.96 Å². The van der Waals surface area contributed by atoms with Crippen LogP contribution in [0.1, 0.15) is 6.92 Å². The van der Waals surface area contributed by atoms with Crippen LogP contribution in [0.15, 0.2) is 56.2 Å². The molecule has 3 aromatic rings. The molecule has 0 radical (unpaired) electrons. The van der Waals surface area contributed by atoms with E-state index in [0.717, 1.165) is 0 Å². The highest BCUT2D eigenvalue weighted by Crippen LogP contribution is 2.02. The van der Waals surface area contributed by atoms with Gasteiger partial charge in [-0.3, -0.25) is 5.41 Å². The van der Waals surface area contributed by atoms with Crippen LogP contribution in [0.4, 0.5) is 0 Å². The fourth-order valence-electron chi connectivity index (χ4n) is 1.99. The molecule has 0 amide bonds. The van der Waals surface area contributed by atoms with Gasteiger partial charge >= 0.3 is 0 Å². The zero-order valence-electron chi connectivity index (χ0n) is 11.5. The SMILES string of the molecule is CCN(C(=N)N(n1ccnc1)n1ccnc1)n1ccnc1. The molecule has 9 nitrogen and oxygen atoms in total. The van der Waals surface area contributed by atoms with Gasteiger partial charge in [-0.1, -0.05) is 0 Å². The van der Waals surface area contributed by atoms with Gasteiger partial charge in [0, 0.05) is 43.7 Å². The van der Waals surface area contributed by atoms with Crippen molar-refractivity contribution in [1.82, 2.24) is 29.0 Å². The molecule has 1 N–H and O–H groups in total. The van der Waals surface area contributed by atoms with Gasteiger partial charge in [0.15, 0.2) is 0 Å². The van der Waals surface area contributed by atoms with Crippen molar-refractivity contribution in [3.8, 4) is 0 Å². The molecule has 3 rings (SSSR count). The van der Waals surface area contributed by atoms with Crippen LogP contribution in [0.2, 0.25) is 0 Å². The largest absolute Gasteiger partial charge is 0.265 e. The van der Waals surface area contributed by atoms with Crippen LogP contribution in [0.5, 0.6) is 0 Å². The summed E-state index contributed by atoms with van der Waals surface area (Å²) in [6, 6.07) is 0. The number of hydrogen-bond acceptors (Lipinski definition) is 4. The first-order chi connectivity index (χ1) is 10.3. The number of nitrogens with zero attached hydrogens (tertiary/aromatic N) is 8. The van der Waals surface area contributed by atoms with Crippen molar-refractivity contribution in [2.45, 2.75) is 6.92 Å². The predicted molar refractivity (Wildman–Crippen MR) is 76.8 cm³/mol. The van der Waals surface area contributed by atoms with Crippen LogP contribution >= 0.6 is 0 Å². The highest BCUT2D eigenvalue weighted by atomic mass is 15.8. The number of rotatable bonds is 4. The van der Waals surface area contributed by atoms with Gasteiger partial charge in [0.05, 0.1) is 0 Å². The van der Waals surface area contributed by atoms with Crippen LogP contribution in [0, 0.1) is 5.41 Å². The van der Waals surface area contributed by atoms with Crippen LogP contribution in [0.3, 0.4) is 0 Å². The summed E-state index contributed by atoms with van der Waals surface area (Å²) in [5.74, 6) is 0.228. The predicted octanol–water partition coefficient (Wildman–Crippen LogP) is 0.270. The summed E-state index contributed by atoms with van der Waals surface area (Å²) >= 11 is 0. The first-order valence-corrected chi connectivity index (χ1v) is 6.42. The summed E-state index contributed by atoms with van der Waals surface area (Å²) in [6.07, 6.45) is 15.2. The summed E-state index contributed by atoms with van der Waals surface area (Å²) < 4.78 is 5.15. The number of nitrogens with one attached hydrogen (secondary N) is 1. The molecule has 3 aromatic heterocycles. The molecule has 0 aliphatic rings. The molecule has 0 aliphatic carbocycles. The quantitative estimate of drug-likeness (QED) is 0.549. The number of guanidine groups is 1. The van der Waals surface area contributed by atoms with Crippen LogP contribution in [0.25, 0.3) is 0 Å². The Bertz CT molecular complexity index is 634. The maximum Gasteiger partial charge on any atom is 0.253 e. The van der Waals surface area contributed by atoms with Gasteiger partial charge in [0.2, 0.25) is 0 Å². The third-order valence-electron chi connectivity index (χ3n) is 2.92. The minimum atomic E-state index is 0.228. The molecule has 21 heavy (non-hydrogen) atoms. The lowest BCUT2D eigenvalue weighted by Gasteiger charge is -2.32. The zero-order chi connectivity index (χ0) is 14.7. The maximum absolute atomic E-state index is 8.54. The number of aromatic nitrogens is 6. The first kappa shape index (κ1) is 12.9.